The van der Waals surface area contributed by atoms with E-state index in [0.29, 0.717) is 17.7 Å². The molecule has 0 atom stereocenters. The topological polar surface area (TPSA) is 68.8 Å². The lowest BCUT2D eigenvalue weighted by Gasteiger charge is -2.16. The Morgan fingerprint density at radius 1 is 0.750 bits per heavy atom. The van der Waals surface area contributed by atoms with Crippen molar-refractivity contribution in [2.75, 3.05) is 13.2 Å². The van der Waals surface area contributed by atoms with Gasteiger partial charge in [0.15, 0.2) is 0 Å². The zero-order valence-corrected chi connectivity index (χ0v) is 15.5. The highest BCUT2D eigenvalue weighted by Gasteiger charge is 2.21. The van der Waals surface area contributed by atoms with Crippen LogP contribution in [0.2, 0.25) is 0 Å². The minimum atomic E-state index is -0.251. The highest BCUT2D eigenvalue weighted by Crippen LogP contribution is 2.01. The number of rotatable bonds is 8. The molecule has 4 nitrogen and oxygen atoms in total. The maximum atomic E-state index is 9.02. The summed E-state index contributed by atoms with van der Waals surface area (Å²) in [4.78, 5) is 0. The van der Waals surface area contributed by atoms with E-state index in [1.54, 1.807) is 24.3 Å². The SMILES string of the molecule is N#Cc1ccc(B(OCCNCc2ccccc2)c2ccc(C#N)cc2)cc1. The second kappa shape index (κ2) is 10.1. The number of nitrogens with zero attached hydrogens (tertiary/aromatic N) is 2. The van der Waals surface area contributed by atoms with Crippen LogP contribution in [0.25, 0.3) is 0 Å². The molecule has 5 heteroatoms. The van der Waals surface area contributed by atoms with Crippen molar-refractivity contribution in [2.45, 2.75) is 6.54 Å². The summed E-state index contributed by atoms with van der Waals surface area (Å²) >= 11 is 0. The van der Waals surface area contributed by atoms with Gasteiger partial charge in [-0.3, -0.25) is 0 Å². The van der Waals surface area contributed by atoms with E-state index in [2.05, 4.69) is 29.6 Å². The Balaban J connectivity index is 1.65. The van der Waals surface area contributed by atoms with E-state index in [1.165, 1.54) is 5.56 Å². The second-order valence-electron chi connectivity index (χ2n) is 6.38. The smallest absolute Gasteiger partial charge is 0.361 e. The maximum Gasteiger partial charge on any atom is 0.361 e. The molecule has 0 aliphatic rings. The molecule has 3 rings (SSSR count). The predicted octanol–water partition coefficient (Wildman–Crippen LogP) is 2.34. The van der Waals surface area contributed by atoms with Crippen LogP contribution in [0.15, 0.2) is 78.9 Å². The number of hydrogen-bond acceptors (Lipinski definition) is 4. The van der Waals surface area contributed by atoms with Crippen LogP contribution in [-0.4, -0.2) is 20.1 Å². The molecule has 0 saturated carbocycles. The second-order valence-corrected chi connectivity index (χ2v) is 6.38. The summed E-state index contributed by atoms with van der Waals surface area (Å²) in [6.45, 7) is 1.80. The van der Waals surface area contributed by atoms with Crippen molar-refractivity contribution < 1.29 is 4.65 Å². The molecule has 0 radical (unpaired) electrons. The van der Waals surface area contributed by atoms with Gasteiger partial charge < -0.3 is 9.97 Å². The molecule has 0 spiro atoms. The van der Waals surface area contributed by atoms with Crippen LogP contribution in [0.3, 0.4) is 0 Å². The molecule has 0 fully saturated rings. The largest absolute Gasteiger partial charge is 0.426 e. The van der Waals surface area contributed by atoms with E-state index in [1.807, 2.05) is 42.5 Å². The van der Waals surface area contributed by atoms with Crippen molar-refractivity contribution in [2.24, 2.45) is 0 Å². The van der Waals surface area contributed by atoms with Crippen LogP contribution in [0.4, 0.5) is 0 Å². The van der Waals surface area contributed by atoms with Gasteiger partial charge in [0.1, 0.15) is 0 Å². The van der Waals surface area contributed by atoms with Crippen molar-refractivity contribution in [3.8, 4) is 12.1 Å². The van der Waals surface area contributed by atoms with E-state index in [-0.39, 0.29) is 6.92 Å². The quantitative estimate of drug-likeness (QED) is 0.492. The fourth-order valence-electron chi connectivity index (χ4n) is 2.93. The molecule has 1 N–H and O–H groups in total. The van der Waals surface area contributed by atoms with Gasteiger partial charge in [0.2, 0.25) is 0 Å². The van der Waals surface area contributed by atoms with E-state index < -0.39 is 0 Å². The van der Waals surface area contributed by atoms with Gasteiger partial charge in [-0.05, 0) is 40.8 Å². The first-order chi connectivity index (χ1) is 13.8. The minimum absolute atomic E-state index is 0.251. The van der Waals surface area contributed by atoms with E-state index >= 15 is 0 Å². The van der Waals surface area contributed by atoms with Gasteiger partial charge >= 0.3 is 6.92 Å². The van der Waals surface area contributed by atoms with Gasteiger partial charge in [-0.15, -0.1) is 0 Å². The highest BCUT2D eigenvalue weighted by molar-refractivity contribution is 6.80. The van der Waals surface area contributed by atoms with E-state index in [9.17, 15) is 0 Å². The van der Waals surface area contributed by atoms with Crippen molar-refractivity contribution in [1.29, 1.82) is 10.5 Å². The summed E-state index contributed by atoms with van der Waals surface area (Å²) in [6, 6.07) is 29.3. The lowest BCUT2D eigenvalue weighted by atomic mass is 9.55. The molecule has 136 valence electrons. The van der Waals surface area contributed by atoms with Crippen LogP contribution in [-0.2, 0) is 11.2 Å². The molecule has 0 aromatic heterocycles. The van der Waals surface area contributed by atoms with Crippen molar-refractivity contribution >= 4 is 17.8 Å². The van der Waals surface area contributed by atoms with Crippen LogP contribution in [0, 0.1) is 22.7 Å². The first kappa shape index (κ1) is 19.4. The molecule has 3 aromatic rings. The summed E-state index contributed by atoms with van der Waals surface area (Å²) < 4.78 is 6.17. The molecule has 28 heavy (non-hydrogen) atoms. The Kier molecular flexibility index (Phi) is 6.98. The Morgan fingerprint density at radius 2 is 1.29 bits per heavy atom. The Morgan fingerprint density at radius 3 is 1.79 bits per heavy atom. The van der Waals surface area contributed by atoms with Gasteiger partial charge in [0.25, 0.3) is 0 Å². The van der Waals surface area contributed by atoms with Gasteiger partial charge in [-0.25, -0.2) is 0 Å². The molecule has 0 aliphatic heterocycles. The normalized spacial score (nSPS) is 10.1. The van der Waals surface area contributed by atoms with Crippen LogP contribution in [0.5, 0.6) is 0 Å². The minimum Gasteiger partial charge on any atom is -0.426 e. The third kappa shape index (κ3) is 5.31. The molecule has 3 aromatic carbocycles. The Labute approximate surface area is 166 Å². The standard InChI is InChI=1S/C23H20BN3O/c25-16-19-6-10-22(11-7-19)24(23-12-8-20(17-26)9-13-23)28-15-14-27-18-21-4-2-1-3-5-21/h1-13,27H,14-15,18H2. The summed E-state index contributed by atoms with van der Waals surface area (Å²) in [5, 5.41) is 21.4. The molecule has 0 heterocycles. The van der Waals surface area contributed by atoms with E-state index in [0.717, 1.165) is 24.0 Å². The van der Waals surface area contributed by atoms with Gasteiger partial charge in [0, 0.05) is 19.7 Å². The van der Waals surface area contributed by atoms with Crippen molar-refractivity contribution in [3.63, 3.8) is 0 Å². The zero-order valence-electron chi connectivity index (χ0n) is 15.5. The first-order valence-corrected chi connectivity index (χ1v) is 9.16. The molecular formula is C23H20BN3O. The summed E-state index contributed by atoms with van der Waals surface area (Å²) in [7, 11) is 0. The summed E-state index contributed by atoms with van der Waals surface area (Å²) in [5.74, 6) is 0. The maximum absolute atomic E-state index is 9.02. The van der Waals surface area contributed by atoms with E-state index in [4.69, 9.17) is 15.2 Å². The number of benzene rings is 3. The van der Waals surface area contributed by atoms with Crippen molar-refractivity contribution in [3.05, 3.63) is 95.6 Å². The monoisotopic (exact) mass is 365 g/mol. The Bertz CT molecular complexity index is 900. The molecule has 0 unspecified atom stereocenters. The average molecular weight is 365 g/mol. The van der Waals surface area contributed by atoms with Gasteiger partial charge in [0.05, 0.1) is 23.3 Å². The molecule has 0 bridgehead atoms. The lowest BCUT2D eigenvalue weighted by molar-refractivity contribution is 0.328. The van der Waals surface area contributed by atoms with Crippen molar-refractivity contribution in [1.82, 2.24) is 5.32 Å². The molecule has 0 aliphatic carbocycles. The number of nitrogens with one attached hydrogen (secondary N) is 1. The highest BCUT2D eigenvalue weighted by atomic mass is 16.4. The number of hydrogen-bond donors (Lipinski definition) is 1. The zero-order chi connectivity index (χ0) is 19.6. The predicted molar refractivity (Wildman–Crippen MR) is 111 cm³/mol. The lowest BCUT2D eigenvalue weighted by Crippen LogP contribution is -2.46. The van der Waals surface area contributed by atoms with Gasteiger partial charge in [-0.1, -0.05) is 54.6 Å². The fourth-order valence-corrected chi connectivity index (χ4v) is 2.93. The fraction of sp³-hybridized carbons (Fsp3) is 0.130. The molecule has 0 saturated heterocycles. The first-order valence-electron chi connectivity index (χ1n) is 9.16. The third-order valence-electron chi connectivity index (χ3n) is 4.42. The number of nitriles is 2. The van der Waals surface area contributed by atoms with Crippen LogP contribution >= 0.6 is 0 Å². The summed E-state index contributed by atoms with van der Waals surface area (Å²) in [5.41, 5.74) is 4.43. The van der Waals surface area contributed by atoms with Gasteiger partial charge in [-0.2, -0.15) is 10.5 Å². The van der Waals surface area contributed by atoms with Crippen LogP contribution in [0.1, 0.15) is 16.7 Å². The summed E-state index contributed by atoms with van der Waals surface area (Å²) in [6.07, 6.45) is 0. The Hall–Kier alpha value is -3.38. The third-order valence-corrected chi connectivity index (χ3v) is 4.42. The average Bonchev–Trinajstić information content (AvgIpc) is 2.77. The molecular weight excluding hydrogens is 345 g/mol. The van der Waals surface area contributed by atoms with Crippen LogP contribution < -0.4 is 16.2 Å². The molecule has 0 amide bonds.